The van der Waals surface area contributed by atoms with Gasteiger partial charge >= 0.3 is 12.1 Å². The van der Waals surface area contributed by atoms with E-state index in [0.717, 1.165) is 12.8 Å². The second kappa shape index (κ2) is 7.95. The zero-order chi connectivity index (χ0) is 12.4. The van der Waals surface area contributed by atoms with Crippen LogP contribution < -0.4 is 5.32 Å². The first-order valence-electron chi connectivity index (χ1n) is 4.89. The van der Waals surface area contributed by atoms with Crippen molar-refractivity contribution in [3.63, 3.8) is 0 Å². The van der Waals surface area contributed by atoms with E-state index in [1.807, 2.05) is 0 Å². The number of unbranched alkanes of at least 4 members (excludes halogenated alkanes) is 3. The van der Waals surface area contributed by atoms with E-state index < -0.39 is 12.1 Å². The summed E-state index contributed by atoms with van der Waals surface area (Å²) in [4.78, 5) is 20.1. The van der Waals surface area contributed by atoms with Gasteiger partial charge in [-0.1, -0.05) is 6.42 Å². The maximum absolute atomic E-state index is 11.6. The number of amides is 1. The van der Waals surface area contributed by atoms with Crippen molar-refractivity contribution in [2.75, 3.05) is 13.2 Å². The molecule has 0 saturated carbocycles. The Labute approximate surface area is 91.1 Å². The lowest BCUT2D eigenvalue weighted by atomic mass is 10.2. The fraction of sp³-hybridized carbons (Fsp3) is 0.778. The molecule has 1 amide bonds. The summed E-state index contributed by atoms with van der Waals surface area (Å²) in [5.41, 5.74) is 0. The molecular weight excluding hydrogens is 227 g/mol. The number of hydrogen-bond acceptors (Lipinski definition) is 3. The zero-order valence-electron chi connectivity index (χ0n) is 8.68. The van der Waals surface area contributed by atoms with Gasteiger partial charge in [0.05, 0.1) is 6.61 Å². The molecule has 0 fully saturated rings. The fourth-order valence-electron chi connectivity index (χ4n) is 0.988. The average Bonchev–Trinajstić information content (AvgIpc) is 2.20. The second-order valence-corrected chi connectivity index (χ2v) is 3.12. The van der Waals surface area contributed by atoms with Crippen LogP contribution in [-0.2, 0) is 14.3 Å². The molecule has 0 aromatic rings. The van der Waals surface area contributed by atoms with Crippen molar-refractivity contribution in [1.82, 2.24) is 5.32 Å². The molecule has 0 unspecified atom stereocenters. The Morgan fingerprint density at radius 2 is 1.81 bits per heavy atom. The molecule has 0 rings (SSSR count). The molecule has 0 spiro atoms. The van der Waals surface area contributed by atoms with Crippen molar-refractivity contribution in [3.8, 4) is 0 Å². The predicted molar refractivity (Wildman–Crippen MR) is 49.5 cm³/mol. The van der Waals surface area contributed by atoms with Crippen LogP contribution in [0, 0.1) is 0 Å². The first-order chi connectivity index (χ1) is 7.48. The van der Waals surface area contributed by atoms with Crippen LogP contribution in [0.5, 0.6) is 0 Å². The number of esters is 1. The van der Waals surface area contributed by atoms with Gasteiger partial charge in [-0.15, -0.1) is 0 Å². The normalized spacial score (nSPS) is 10.9. The van der Waals surface area contributed by atoms with Crippen molar-refractivity contribution in [2.45, 2.75) is 31.9 Å². The van der Waals surface area contributed by atoms with Crippen molar-refractivity contribution >= 4 is 12.4 Å². The van der Waals surface area contributed by atoms with Crippen molar-refractivity contribution in [3.05, 3.63) is 0 Å². The van der Waals surface area contributed by atoms with Crippen LogP contribution in [0.3, 0.4) is 0 Å². The minimum absolute atomic E-state index is 0.223. The van der Waals surface area contributed by atoms with Crippen LogP contribution in [-0.4, -0.2) is 31.7 Å². The SMILES string of the molecule is O=CNCCCCCCOC(=O)C(F)(F)F. The number of hydrogen-bond donors (Lipinski definition) is 1. The maximum atomic E-state index is 11.6. The van der Waals surface area contributed by atoms with Crippen LogP contribution in [0.2, 0.25) is 0 Å². The number of carbonyl (C=O) groups excluding carboxylic acids is 2. The van der Waals surface area contributed by atoms with Gasteiger partial charge < -0.3 is 10.1 Å². The highest BCUT2D eigenvalue weighted by Gasteiger charge is 2.40. The monoisotopic (exact) mass is 241 g/mol. The number of halogens is 3. The number of nitrogens with one attached hydrogen (secondary N) is 1. The molecule has 16 heavy (non-hydrogen) atoms. The van der Waals surface area contributed by atoms with Crippen molar-refractivity contribution < 1.29 is 27.5 Å². The van der Waals surface area contributed by atoms with Crippen molar-refractivity contribution in [1.29, 1.82) is 0 Å². The summed E-state index contributed by atoms with van der Waals surface area (Å²) in [6, 6.07) is 0. The summed E-state index contributed by atoms with van der Waals surface area (Å²) >= 11 is 0. The molecular formula is C9H14F3NO3. The predicted octanol–water partition coefficient (Wildman–Crippen LogP) is 1.40. The van der Waals surface area contributed by atoms with E-state index in [0.29, 0.717) is 25.8 Å². The largest absolute Gasteiger partial charge is 0.490 e. The van der Waals surface area contributed by atoms with E-state index in [9.17, 15) is 22.8 Å². The Morgan fingerprint density at radius 1 is 1.19 bits per heavy atom. The Hall–Kier alpha value is -1.27. The van der Waals surface area contributed by atoms with Crippen LogP contribution in [0.4, 0.5) is 13.2 Å². The fourth-order valence-corrected chi connectivity index (χ4v) is 0.988. The summed E-state index contributed by atoms with van der Waals surface area (Å²) in [7, 11) is 0. The maximum Gasteiger partial charge on any atom is 0.490 e. The topological polar surface area (TPSA) is 55.4 Å². The Kier molecular flexibility index (Phi) is 7.32. The van der Waals surface area contributed by atoms with Gasteiger partial charge in [-0.05, 0) is 19.3 Å². The molecule has 4 nitrogen and oxygen atoms in total. The van der Waals surface area contributed by atoms with Gasteiger partial charge in [0.1, 0.15) is 0 Å². The lowest BCUT2D eigenvalue weighted by molar-refractivity contribution is -0.199. The highest BCUT2D eigenvalue weighted by Crippen LogP contribution is 2.16. The van der Waals surface area contributed by atoms with E-state index in [1.54, 1.807) is 0 Å². The van der Waals surface area contributed by atoms with Crippen LogP contribution in [0.15, 0.2) is 0 Å². The third kappa shape index (κ3) is 8.07. The molecule has 0 aliphatic heterocycles. The standard InChI is InChI=1S/C9H14F3NO3/c10-9(11,12)8(15)16-6-4-2-1-3-5-13-7-14/h7H,1-6H2,(H,13,14). The third-order valence-corrected chi connectivity index (χ3v) is 1.76. The molecule has 0 heterocycles. The summed E-state index contributed by atoms with van der Waals surface area (Å²) in [6.45, 7) is 0.325. The number of carbonyl (C=O) groups is 2. The van der Waals surface area contributed by atoms with Gasteiger partial charge in [-0.25, -0.2) is 4.79 Å². The van der Waals surface area contributed by atoms with Gasteiger partial charge in [-0.3, -0.25) is 4.79 Å². The molecule has 1 N–H and O–H groups in total. The first-order valence-corrected chi connectivity index (χ1v) is 4.89. The van der Waals surface area contributed by atoms with Crippen LogP contribution in [0.1, 0.15) is 25.7 Å². The molecule has 0 radical (unpaired) electrons. The average molecular weight is 241 g/mol. The highest BCUT2D eigenvalue weighted by molar-refractivity contribution is 5.75. The smallest absolute Gasteiger partial charge is 0.459 e. The molecule has 0 atom stereocenters. The minimum atomic E-state index is -4.91. The Morgan fingerprint density at radius 3 is 2.38 bits per heavy atom. The molecule has 0 aliphatic carbocycles. The third-order valence-electron chi connectivity index (χ3n) is 1.76. The highest BCUT2D eigenvalue weighted by atomic mass is 19.4. The molecule has 7 heteroatoms. The molecule has 0 aromatic heterocycles. The van der Waals surface area contributed by atoms with E-state index >= 15 is 0 Å². The zero-order valence-corrected chi connectivity index (χ0v) is 8.68. The molecule has 0 saturated heterocycles. The van der Waals surface area contributed by atoms with Crippen LogP contribution >= 0.6 is 0 Å². The van der Waals surface area contributed by atoms with E-state index in [1.165, 1.54) is 0 Å². The first kappa shape index (κ1) is 14.7. The van der Waals surface area contributed by atoms with Crippen LogP contribution in [0.25, 0.3) is 0 Å². The van der Waals surface area contributed by atoms with Gasteiger partial charge in [0.25, 0.3) is 0 Å². The number of rotatable bonds is 8. The Balaban J connectivity index is 3.27. The van der Waals surface area contributed by atoms with Gasteiger partial charge in [0, 0.05) is 6.54 Å². The lowest BCUT2D eigenvalue weighted by Crippen LogP contribution is -2.25. The number of alkyl halides is 3. The molecule has 0 aliphatic rings. The molecule has 0 aromatic carbocycles. The van der Waals surface area contributed by atoms with Gasteiger partial charge in [0.15, 0.2) is 0 Å². The van der Waals surface area contributed by atoms with Gasteiger partial charge in [0.2, 0.25) is 6.41 Å². The summed E-state index contributed by atoms with van der Waals surface area (Å²) < 4.78 is 38.9. The molecule has 0 bridgehead atoms. The summed E-state index contributed by atoms with van der Waals surface area (Å²) in [5.74, 6) is -2.14. The van der Waals surface area contributed by atoms with E-state index in [4.69, 9.17) is 0 Å². The summed E-state index contributed by atoms with van der Waals surface area (Å²) in [6.07, 6.45) is -1.75. The van der Waals surface area contributed by atoms with E-state index in [-0.39, 0.29) is 6.61 Å². The van der Waals surface area contributed by atoms with Gasteiger partial charge in [-0.2, -0.15) is 13.2 Å². The Bertz CT molecular complexity index is 219. The second-order valence-electron chi connectivity index (χ2n) is 3.12. The summed E-state index contributed by atoms with van der Waals surface area (Å²) in [5, 5.41) is 2.46. The molecule has 94 valence electrons. The van der Waals surface area contributed by atoms with E-state index in [2.05, 4.69) is 10.1 Å². The lowest BCUT2D eigenvalue weighted by Gasteiger charge is -2.06. The van der Waals surface area contributed by atoms with Crippen molar-refractivity contribution in [2.24, 2.45) is 0 Å². The number of ether oxygens (including phenoxy) is 1. The quantitative estimate of drug-likeness (QED) is 0.397. The minimum Gasteiger partial charge on any atom is -0.459 e.